The number of rotatable bonds is 5. The summed E-state index contributed by atoms with van der Waals surface area (Å²) in [4.78, 5) is 8.66. The molecule has 0 bridgehead atoms. The van der Waals surface area contributed by atoms with Gasteiger partial charge in [-0.3, -0.25) is 0 Å². The molecule has 0 atom stereocenters. The normalized spacial score (nSPS) is 10.8. The Kier molecular flexibility index (Phi) is 4.74. The molecule has 0 aliphatic heterocycles. The van der Waals surface area contributed by atoms with Gasteiger partial charge in [0.25, 0.3) is 0 Å². The molecule has 0 saturated carbocycles. The van der Waals surface area contributed by atoms with Crippen molar-refractivity contribution in [3.8, 4) is 11.4 Å². The maximum Gasteiger partial charge on any atom is 0.159 e. The summed E-state index contributed by atoms with van der Waals surface area (Å²) in [5, 5.41) is 3.25. The summed E-state index contributed by atoms with van der Waals surface area (Å²) in [6.45, 7) is 5.48. The number of benzene rings is 1. The van der Waals surface area contributed by atoms with Crippen LogP contribution in [0.15, 0.2) is 24.3 Å². The van der Waals surface area contributed by atoms with Crippen LogP contribution in [0.3, 0.4) is 0 Å². The van der Waals surface area contributed by atoms with Gasteiger partial charge in [-0.25, -0.2) is 18.7 Å². The van der Waals surface area contributed by atoms with E-state index in [1.165, 1.54) is 6.07 Å². The molecule has 0 radical (unpaired) electrons. The average Bonchev–Trinajstić information content (AvgIpc) is 2.41. The fourth-order valence-corrected chi connectivity index (χ4v) is 1.88. The number of nitrogens with zero attached hydrogens (tertiary/aromatic N) is 2. The minimum absolute atomic E-state index is 0.414. The van der Waals surface area contributed by atoms with Crippen LogP contribution in [-0.4, -0.2) is 16.5 Å². The smallest absolute Gasteiger partial charge is 0.159 e. The Hall–Kier alpha value is -1.88. The number of aromatic nitrogens is 2. The summed E-state index contributed by atoms with van der Waals surface area (Å²) in [6, 6.07) is 5.57. The van der Waals surface area contributed by atoms with Crippen molar-refractivity contribution in [2.45, 2.75) is 26.8 Å². The van der Waals surface area contributed by atoms with E-state index < -0.39 is 11.6 Å². The topological polar surface area (TPSA) is 37.8 Å². The maximum atomic E-state index is 13.3. The first-order valence-electron chi connectivity index (χ1n) is 6.61. The van der Waals surface area contributed by atoms with Crippen molar-refractivity contribution in [2.24, 2.45) is 0 Å². The summed E-state index contributed by atoms with van der Waals surface area (Å²) in [7, 11) is 0. The van der Waals surface area contributed by atoms with Crippen LogP contribution in [0, 0.1) is 18.6 Å². The average molecular weight is 277 g/mol. The van der Waals surface area contributed by atoms with E-state index in [2.05, 4.69) is 22.2 Å². The molecule has 1 heterocycles. The lowest BCUT2D eigenvalue weighted by Crippen LogP contribution is -2.15. The maximum absolute atomic E-state index is 13.3. The molecule has 106 valence electrons. The highest BCUT2D eigenvalue weighted by Crippen LogP contribution is 2.18. The van der Waals surface area contributed by atoms with Gasteiger partial charge in [0.2, 0.25) is 0 Å². The van der Waals surface area contributed by atoms with Crippen LogP contribution in [0.4, 0.5) is 8.78 Å². The van der Waals surface area contributed by atoms with E-state index in [0.717, 1.165) is 36.5 Å². The Morgan fingerprint density at radius 2 is 1.90 bits per heavy atom. The second-order valence-electron chi connectivity index (χ2n) is 4.63. The molecule has 5 heteroatoms. The minimum atomic E-state index is -0.890. The first-order valence-corrected chi connectivity index (χ1v) is 6.61. The van der Waals surface area contributed by atoms with Crippen LogP contribution >= 0.6 is 0 Å². The Balaban J connectivity index is 2.28. The molecule has 1 aromatic heterocycles. The Bertz CT molecular complexity index is 600. The van der Waals surface area contributed by atoms with Crippen molar-refractivity contribution < 1.29 is 8.78 Å². The predicted molar refractivity (Wildman–Crippen MR) is 74.1 cm³/mol. The molecule has 1 N–H and O–H groups in total. The van der Waals surface area contributed by atoms with Crippen molar-refractivity contribution >= 4 is 0 Å². The molecule has 0 spiro atoms. The summed E-state index contributed by atoms with van der Waals surface area (Å²) < 4.78 is 26.2. The molecule has 0 fully saturated rings. The van der Waals surface area contributed by atoms with E-state index in [9.17, 15) is 8.78 Å². The van der Waals surface area contributed by atoms with Crippen LogP contribution in [0.25, 0.3) is 11.4 Å². The molecule has 2 rings (SSSR count). The molecule has 0 saturated heterocycles. The SMILES string of the molecule is CCCNCc1cc(C)nc(-c2ccc(F)c(F)c2)n1. The zero-order valence-electron chi connectivity index (χ0n) is 11.6. The zero-order valence-corrected chi connectivity index (χ0v) is 11.6. The van der Waals surface area contributed by atoms with Gasteiger partial charge in [-0.2, -0.15) is 0 Å². The van der Waals surface area contributed by atoms with Crippen LogP contribution in [0.1, 0.15) is 24.7 Å². The van der Waals surface area contributed by atoms with E-state index in [4.69, 9.17) is 0 Å². The number of hydrogen-bond acceptors (Lipinski definition) is 3. The molecule has 0 unspecified atom stereocenters. The number of hydrogen-bond donors (Lipinski definition) is 1. The molecule has 0 aliphatic carbocycles. The van der Waals surface area contributed by atoms with Gasteiger partial charge in [0.05, 0.1) is 5.69 Å². The fraction of sp³-hybridized carbons (Fsp3) is 0.333. The van der Waals surface area contributed by atoms with Crippen molar-refractivity contribution in [3.63, 3.8) is 0 Å². The highest BCUT2D eigenvalue weighted by atomic mass is 19.2. The van der Waals surface area contributed by atoms with Gasteiger partial charge in [-0.05, 0) is 44.2 Å². The lowest BCUT2D eigenvalue weighted by molar-refractivity contribution is 0.509. The quantitative estimate of drug-likeness (QED) is 0.853. The Morgan fingerprint density at radius 3 is 2.60 bits per heavy atom. The highest BCUT2D eigenvalue weighted by molar-refractivity contribution is 5.55. The monoisotopic (exact) mass is 277 g/mol. The zero-order chi connectivity index (χ0) is 14.5. The third-order valence-electron chi connectivity index (χ3n) is 2.82. The van der Waals surface area contributed by atoms with Crippen molar-refractivity contribution in [2.75, 3.05) is 6.54 Å². The van der Waals surface area contributed by atoms with Gasteiger partial charge in [0.1, 0.15) is 0 Å². The largest absolute Gasteiger partial charge is 0.311 e. The minimum Gasteiger partial charge on any atom is -0.311 e. The lowest BCUT2D eigenvalue weighted by atomic mass is 10.2. The van der Waals surface area contributed by atoms with E-state index in [1.54, 1.807) is 0 Å². The van der Waals surface area contributed by atoms with E-state index in [-0.39, 0.29) is 0 Å². The van der Waals surface area contributed by atoms with Crippen molar-refractivity contribution in [3.05, 3.63) is 47.3 Å². The van der Waals surface area contributed by atoms with E-state index in [0.29, 0.717) is 17.9 Å². The van der Waals surface area contributed by atoms with Gasteiger partial charge < -0.3 is 5.32 Å². The molecule has 2 aromatic rings. The second kappa shape index (κ2) is 6.52. The van der Waals surface area contributed by atoms with Gasteiger partial charge in [-0.15, -0.1) is 0 Å². The highest BCUT2D eigenvalue weighted by Gasteiger charge is 2.08. The Morgan fingerprint density at radius 1 is 1.10 bits per heavy atom. The lowest BCUT2D eigenvalue weighted by Gasteiger charge is -2.07. The van der Waals surface area contributed by atoms with Crippen LogP contribution in [-0.2, 0) is 6.54 Å². The molecule has 0 aliphatic rings. The molecular formula is C15H17F2N3. The van der Waals surface area contributed by atoms with Crippen LogP contribution in [0.2, 0.25) is 0 Å². The van der Waals surface area contributed by atoms with Gasteiger partial charge in [0.15, 0.2) is 17.5 Å². The first-order chi connectivity index (χ1) is 9.60. The fourth-order valence-electron chi connectivity index (χ4n) is 1.88. The van der Waals surface area contributed by atoms with Crippen molar-refractivity contribution in [1.82, 2.24) is 15.3 Å². The first kappa shape index (κ1) is 14.5. The van der Waals surface area contributed by atoms with Crippen LogP contribution in [0.5, 0.6) is 0 Å². The summed E-state index contributed by atoms with van der Waals surface area (Å²) in [6.07, 6.45) is 1.04. The standard InChI is InChI=1S/C15H17F2N3/c1-3-6-18-9-12-7-10(2)19-15(20-12)11-4-5-13(16)14(17)8-11/h4-5,7-8,18H,3,6,9H2,1-2H3. The van der Waals surface area contributed by atoms with E-state index >= 15 is 0 Å². The van der Waals surface area contributed by atoms with E-state index in [1.807, 2.05) is 13.0 Å². The summed E-state index contributed by atoms with van der Waals surface area (Å²) in [5.41, 5.74) is 2.11. The molecular weight excluding hydrogens is 260 g/mol. The number of nitrogens with one attached hydrogen (secondary N) is 1. The third kappa shape index (κ3) is 3.57. The Labute approximate surface area is 117 Å². The third-order valence-corrected chi connectivity index (χ3v) is 2.82. The van der Waals surface area contributed by atoms with Gasteiger partial charge in [0, 0.05) is 17.8 Å². The molecule has 0 amide bonds. The van der Waals surface area contributed by atoms with Crippen molar-refractivity contribution in [1.29, 1.82) is 0 Å². The second-order valence-corrected chi connectivity index (χ2v) is 4.63. The summed E-state index contributed by atoms with van der Waals surface area (Å²) in [5.74, 6) is -1.35. The predicted octanol–water partition coefficient (Wildman–Crippen LogP) is 3.23. The van der Waals surface area contributed by atoms with Crippen LogP contribution < -0.4 is 5.32 Å². The molecule has 20 heavy (non-hydrogen) atoms. The number of halogens is 2. The summed E-state index contributed by atoms with van der Waals surface area (Å²) >= 11 is 0. The van der Waals surface area contributed by atoms with Gasteiger partial charge >= 0.3 is 0 Å². The number of aryl methyl sites for hydroxylation is 1. The molecule has 1 aromatic carbocycles. The molecule has 3 nitrogen and oxygen atoms in total. The van der Waals surface area contributed by atoms with Gasteiger partial charge in [-0.1, -0.05) is 6.92 Å².